The van der Waals surface area contributed by atoms with E-state index in [1.54, 1.807) is 13.3 Å². The zero-order chi connectivity index (χ0) is 20.9. The van der Waals surface area contributed by atoms with Gasteiger partial charge < -0.3 is 19.5 Å². The van der Waals surface area contributed by atoms with Gasteiger partial charge in [0.15, 0.2) is 5.16 Å². The van der Waals surface area contributed by atoms with Crippen LogP contribution < -0.4 is 10.2 Å². The van der Waals surface area contributed by atoms with Crippen molar-refractivity contribution in [3.63, 3.8) is 0 Å². The molecule has 162 valence electrons. The van der Waals surface area contributed by atoms with Gasteiger partial charge in [-0.3, -0.25) is 14.2 Å². The number of likely N-dealkylation sites (N-methyl/N-ethyl adjacent to an activating group) is 1. The highest BCUT2D eigenvalue weighted by Crippen LogP contribution is 2.26. The van der Waals surface area contributed by atoms with E-state index in [-0.39, 0.29) is 24.1 Å². The second kappa shape index (κ2) is 9.55. The second-order valence-corrected chi connectivity index (χ2v) is 8.82. The summed E-state index contributed by atoms with van der Waals surface area (Å²) in [5.74, 6) is 1.61. The molecular formula is C20H28N6O3S. The molecule has 3 heterocycles. The van der Waals surface area contributed by atoms with E-state index in [1.807, 2.05) is 16.7 Å². The molecule has 1 saturated carbocycles. The number of carbonyl (C=O) groups is 2. The smallest absolute Gasteiger partial charge is 0.239 e. The predicted octanol–water partition coefficient (Wildman–Crippen LogP) is 1.74. The number of hydrogen-bond acceptors (Lipinski definition) is 7. The Bertz CT molecular complexity index is 858. The van der Waals surface area contributed by atoms with E-state index in [2.05, 4.69) is 20.4 Å². The molecule has 1 aliphatic heterocycles. The Morgan fingerprint density at radius 2 is 2.07 bits per heavy atom. The topological polar surface area (TPSA) is 96.5 Å². The van der Waals surface area contributed by atoms with Gasteiger partial charge in [0.2, 0.25) is 17.8 Å². The van der Waals surface area contributed by atoms with E-state index in [0.29, 0.717) is 17.7 Å². The number of anilines is 1. The number of nitrogens with one attached hydrogen (secondary N) is 1. The Morgan fingerprint density at radius 3 is 2.77 bits per heavy atom. The van der Waals surface area contributed by atoms with Gasteiger partial charge in [-0.2, -0.15) is 0 Å². The van der Waals surface area contributed by atoms with Crippen molar-refractivity contribution < 1.29 is 14.0 Å². The lowest BCUT2D eigenvalue weighted by Crippen LogP contribution is -2.39. The number of piperidine rings is 1. The van der Waals surface area contributed by atoms with Gasteiger partial charge in [-0.05, 0) is 44.2 Å². The van der Waals surface area contributed by atoms with Crippen LogP contribution in [0.3, 0.4) is 0 Å². The standard InChI is InChI=1S/C20H28N6O3S/c1-24(13-17(27)21-15-7-8-15)18(28)14-30-20-23-22-19(25-9-3-2-4-10-25)26(20)12-16-6-5-11-29-16/h5-6,11,15H,2-4,7-10,12-14H2,1H3,(H,21,27). The van der Waals surface area contributed by atoms with Crippen LogP contribution in [0.15, 0.2) is 28.0 Å². The van der Waals surface area contributed by atoms with E-state index in [0.717, 1.165) is 50.5 Å². The van der Waals surface area contributed by atoms with Crippen molar-refractivity contribution in [1.82, 2.24) is 25.0 Å². The molecule has 1 N–H and O–H groups in total. The van der Waals surface area contributed by atoms with Gasteiger partial charge in [0.25, 0.3) is 0 Å². The SMILES string of the molecule is CN(CC(=O)NC1CC1)C(=O)CSc1nnc(N2CCCCC2)n1Cc1ccco1. The second-order valence-electron chi connectivity index (χ2n) is 7.88. The maximum Gasteiger partial charge on any atom is 0.239 e. The monoisotopic (exact) mass is 432 g/mol. The van der Waals surface area contributed by atoms with Crippen LogP contribution in [0.2, 0.25) is 0 Å². The van der Waals surface area contributed by atoms with Crippen LogP contribution in [0.4, 0.5) is 5.95 Å². The maximum absolute atomic E-state index is 12.5. The molecule has 0 spiro atoms. The van der Waals surface area contributed by atoms with Crippen LogP contribution in [0.5, 0.6) is 0 Å². The Labute approximate surface area is 180 Å². The molecule has 0 unspecified atom stereocenters. The molecule has 10 heteroatoms. The minimum atomic E-state index is -0.113. The summed E-state index contributed by atoms with van der Waals surface area (Å²) in [7, 11) is 1.65. The Kier molecular flexibility index (Phi) is 6.61. The highest BCUT2D eigenvalue weighted by molar-refractivity contribution is 7.99. The third kappa shape index (κ3) is 5.35. The summed E-state index contributed by atoms with van der Waals surface area (Å²) < 4.78 is 7.54. The van der Waals surface area contributed by atoms with Crippen LogP contribution in [0.1, 0.15) is 37.9 Å². The number of furan rings is 1. The van der Waals surface area contributed by atoms with Gasteiger partial charge in [-0.15, -0.1) is 10.2 Å². The zero-order valence-electron chi connectivity index (χ0n) is 17.2. The normalized spacial score (nSPS) is 16.5. The number of carbonyl (C=O) groups excluding carboxylic acids is 2. The van der Waals surface area contributed by atoms with Gasteiger partial charge in [0.05, 0.1) is 25.1 Å². The van der Waals surface area contributed by atoms with Crippen molar-refractivity contribution in [3.05, 3.63) is 24.2 Å². The van der Waals surface area contributed by atoms with E-state index < -0.39 is 0 Å². The molecule has 2 aromatic rings. The number of aromatic nitrogens is 3. The molecule has 30 heavy (non-hydrogen) atoms. The Balaban J connectivity index is 1.40. The van der Waals surface area contributed by atoms with Crippen molar-refractivity contribution in [2.45, 2.75) is 49.8 Å². The van der Waals surface area contributed by atoms with Gasteiger partial charge >= 0.3 is 0 Å². The Hall–Kier alpha value is -2.49. The molecular weight excluding hydrogens is 404 g/mol. The summed E-state index contributed by atoms with van der Waals surface area (Å²) in [6.07, 6.45) is 7.23. The molecule has 0 atom stereocenters. The van der Waals surface area contributed by atoms with E-state index in [1.165, 1.54) is 23.1 Å². The first-order valence-electron chi connectivity index (χ1n) is 10.5. The largest absolute Gasteiger partial charge is 0.467 e. The lowest BCUT2D eigenvalue weighted by Gasteiger charge is -2.27. The van der Waals surface area contributed by atoms with Gasteiger partial charge in [-0.1, -0.05) is 11.8 Å². The maximum atomic E-state index is 12.5. The molecule has 9 nitrogen and oxygen atoms in total. The molecule has 4 rings (SSSR count). The van der Waals surface area contributed by atoms with Crippen LogP contribution >= 0.6 is 11.8 Å². The summed E-state index contributed by atoms with van der Waals surface area (Å²) >= 11 is 1.34. The minimum absolute atomic E-state index is 0.0774. The molecule has 0 bridgehead atoms. The molecule has 2 aliphatic rings. The first-order valence-corrected chi connectivity index (χ1v) is 11.5. The molecule has 2 amide bonds. The number of hydrogen-bond donors (Lipinski definition) is 1. The summed E-state index contributed by atoms with van der Waals surface area (Å²) in [6.45, 7) is 2.51. The average Bonchev–Trinajstić information content (AvgIpc) is 3.24. The fourth-order valence-electron chi connectivity index (χ4n) is 3.45. The Morgan fingerprint density at radius 1 is 1.27 bits per heavy atom. The first kappa shape index (κ1) is 20.8. The lowest BCUT2D eigenvalue weighted by atomic mass is 10.1. The molecule has 2 fully saturated rings. The van der Waals surface area contributed by atoms with Crippen molar-refractivity contribution in [3.8, 4) is 0 Å². The summed E-state index contributed by atoms with van der Waals surface area (Å²) in [5, 5.41) is 12.4. The average molecular weight is 433 g/mol. The highest BCUT2D eigenvalue weighted by atomic mass is 32.2. The van der Waals surface area contributed by atoms with Crippen LogP contribution in [0, 0.1) is 0 Å². The quantitative estimate of drug-likeness (QED) is 0.603. The van der Waals surface area contributed by atoms with Gasteiger partial charge in [0, 0.05) is 26.2 Å². The number of thioether (sulfide) groups is 1. The first-order chi connectivity index (χ1) is 14.6. The van der Waals surface area contributed by atoms with Gasteiger partial charge in [0.1, 0.15) is 5.76 Å². The summed E-state index contributed by atoms with van der Waals surface area (Å²) in [5.41, 5.74) is 0. The highest BCUT2D eigenvalue weighted by Gasteiger charge is 2.25. The zero-order valence-corrected chi connectivity index (χ0v) is 18.1. The fraction of sp³-hybridized carbons (Fsp3) is 0.600. The van der Waals surface area contributed by atoms with Crippen LogP contribution in [0.25, 0.3) is 0 Å². The molecule has 0 aromatic carbocycles. The molecule has 1 aliphatic carbocycles. The van der Waals surface area contributed by atoms with Crippen molar-refractivity contribution >= 4 is 29.5 Å². The third-order valence-electron chi connectivity index (χ3n) is 5.30. The lowest BCUT2D eigenvalue weighted by molar-refractivity contribution is -0.132. The number of amides is 2. The summed E-state index contributed by atoms with van der Waals surface area (Å²) in [6, 6.07) is 4.08. The molecule has 0 radical (unpaired) electrons. The number of rotatable bonds is 9. The molecule has 1 saturated heterocycles. The predicted molar refractivity (Wildman–Crippen MR) is 113 cm³/mol. The van der Waals surface area contributed by atoms with E-state index in [4.69, 9.17) is 4.42 Å². The minimum Gasteiger partial charge on any atom is -0.467 e. The fourth-order valence-corrected chi connectivity index (χ4v) is 4.33. The third-order valence-corrected chi connectivity index (χ3v) is 6.26. The van der Waals surface area contributed by atoms with Crippen molar-refractivity contribution in [1.29, 1.82) is 0 Å². The van der Waals surface area contributed by atoms with Crippen LogP contribution in [-0.4, -0.2) is 70.0 Å². The van der Waals surface area contributed by atoms with Gasteiger partial charge in [-0.25, -0.2) is 0 Å². The van der Waals surface area contributed by atoms with E-state index in [9.17, 15) is 9.59 Å². The van der Waals surface area contributed by atoms with E-state index >= 15 is 0 Å². The van der Waals surface area contributed by atoms with Crippen LogP contribution in [-0.2, 0) is 16.1 Å². The van der Waals surface area contributed by atoms with Crippen molar-refractivity contribution in [2.75, 3.05) is 37.3 Å². The number of nitrogens with zero attached hydrogens (tertiary/aromatic N) is 5. The molecule has 2 aromatic heterocycles. The van der Waals surface area contributed by atoms with Crippen molar-refractivity contribution in [2.24, 2.45) is 0 Å². The summed E-state index contributed by atoms with van der Waals surface area (Å²) in [4.78, 5) is 28.2.